The van der Waals surface area contributed by atoms with Crippen LogP contribution in [0, 0.1) is 13.8 Å². The fraction of sp³-hybridized carbons (Fsp3) is 0.538. The molecule has 0 bridgehead atoms. The minimum atomic E-state index is 0.0999. The van der Waals surface area contributed by atoms with Gasteiger partial charge in [-0.1, -0.05) is 6.07 Å². The standard InChI is InChI=1S/C13H21NO2/c1-10-6-11(2)8-13(7-10)16-5-4-15-12(3)9-14/h6-8,12H,4-5,9,14H2,1-3H3. The van der Waals surface area contributed by atoms with Crippen LogP contribution in [0.25, 0.3) is 0 Å². The molecule has 90 valence electrons. The third kappa shape index (κ3) is 4.64. The van der Waals surface area contributed by atoms with E-state index in [1.807, 2.05) is 19.1 Å². The maximum Gasteiger partial charge on any atom is 0.119 e. The molecule has 0 aliphatic heterocycles. The van der Waals surface area contributed by atoms with Crippen molar-refractivity contribution in [1.82, 2.24) is 0 Å². The molecule has 1 aromatic carbocycles. The van der Waals surface area contributed by atoms with Crippen molar-refractivity contribution in [3.05, 3.63) is 29.3 Å². The average molecular weight is 223 g/mol. The third-order valence-electron chi connectivity index (χ3n) is 2.28. The van der Waals surface area contributed by atoms with Gasteiger partial charge in [0.05, 0.1) is 12.7 Å². The van der Waals surface area contributed by atoms with Crippen molar-refractivity contribution >= 4 is 0 Å². The maximum atomic E-state index is 5.60. The van der Waals surface area contributed by atoms with Crippen LogP contribution in [0.15, 0.2) is 18.2 Å². The molecule has 1 aromatic rings. The van der Waals surface area contributed by atoms with E-state index in [9.17, 15) is 0 Å². The third-order valence-corrected chi connectivity index (χ3v) is 2.28. The molecule has 0 heterocycles. The van der Waals surface area contributed by atoms with Gasteiger partial charge in [0, 0.05) is 6.54 Å². The molecule has 0 spiro atoms. The van der Waals surface area contributed by atoms with Crippen LogP contribution < -0.4 is 10.5 Å². The lowest BCUT2D eigenvalue weighted by molar-refractivity contribution is 0.0496. The van der Waals surface area contributed by atoms with E-state index in [2.05, 4.69) is 19.9 Å². The van der Waals surface area contributed by atoms with Crippen LogP contribution in [0.4, 0.5) is 0 Å². The molecule has 2 N–H and O–H groups in total. The van der Waals surface area contributed by atoms with Gasteiger partial charge in [0.2, 0.25) is 0 Å². The molecular formula is C13H21NO2. The lowest BCUT2D eigenvalue weighted by atomic mass is 10.1. The number of hydrogen-bond donors (Lipinski definition) is 1. The zero-order valence-corrected chi connectivity index (χ0v) is 10.3. The number of nitrogens with two attached hydrogens (primary N) is 1. The summed E-state index contributed by atoms with van der Waals surface area (Å²) < 4.78 is 11.0. The summed E-state index contributed by atoms with van der Waals surface area (Å²) in [6, 6.07) is 6.18. The average Bonchev–Trinajstić information content (AvgIpc) is 2.22. The van der Waals surface area contributed by atoms with E-state index in [0.717, 1.165) is 5.75 Å². The van der Waals surface area contributed by atoms with E-state index >= 15 is 0 Å². The Morgan fingerprint density at radius 2 is 1.75 bits per heavy atom. The minimum Gasteiger partial charge on any atom is -0.491 e. The van der Waals surface area contributed by atoms with Crippen LogP contribution in [0.3, 0.4) is 0 Å². The molecule has 0 amide bonds. The predicted molar refractivity (Wildman–Crippen MR) is 65.9 cm³/mol. The molecule has 1 rings (SSSR count). The highest BCUT2D eigenvalue weighted by atomic mass is 16.5. The molecular weight excluding hydrogens is 202 g/mol. The Kier molecular flexibility index (Phi) is 5.29. The second kappa shape index (κ2) is 6.51. The summed E-state index contributed by atoms with van der Waals surface area (Å²) in [6.45, 7) is 7.76. The monoisotopic (exact) mass is 223 g/mol. The Hall–Kier alpha value is -1.06. The lowest BCUT2D eigenvalue weighted by Crippen LogP contribution is -2.22. The van der Waals surface area contributed by atoms with Gasteiger partial charge < -0.3 is 15.2 Å². The Morgan fingerprint density at radius 1 is 1.12 bits per heavy atom. The first kappa shape index (κ1) is 13.0. The van der Waals surface area contributed by atoms with E-state index in [1.165, 1.54) is 11.1 Å². The molecule has 0 aliphatic carbocycles. The Balaban J connectivity index is 2.32. The number of ether oxygens (including phenoxy) is 2. The summed E-state index contributed by atoms with van der Waals surface area (Å²) in [4.78, 5) is 0. The summed E-state index contributed by atoms with van der Waals surface area (Å²) in [5.74, 6) is 0.904. The second-order valence-electron chi connectivity index (χ2n) is 4.09. The molecule has 1 unspecified atom stereocenters. The van der Waals surface area contributed by atoms with Gasteiger partial charge >= 0.3 is 0 Å². The van der Waals surface area contributed by atoms with Gasteiger partial charge in [-0.05, 0) is 44.0 Å². The molecule has 0 saturated heterocycles. The zero-order chi connectivity index (χ0) is 12.0. The fourth-order valence-corrected chi connectivity index (χ4v) is 1.49. The van der Waals surface area contributed by atoms with E-state index in [4.69, 9.17) is 15.2 Å². The number of hydrogen-bond acceptors (Lipinski definition) is 3. The van der Waals surface area contributed by atoms with Crippen molar-refractivity contribution < 1.29 is 9.47 Å². The van der Waals surface area contributed by atoms with Crippen molar-refractivity contribution in [2.24, 2.45) is 5.73 Å². The first-order valence-electron chi connectivity index (χ1n) is 5.64. The van der Waals surface area contributed by atoms with Gasteiger partial charge in [-0.2, -0.15) is 0 Å². The van der Waals surface area contributed by atoms with Crippen LogP contribution in [0.5, 0.6) is 5.75 Å². The Labute approximate surface area is 97.6 Å². The molecule has 3 heteroatoms. The van der Waals surface area contributed by atoms with Gasteiger partial charge in [0.1, 0.15) is 12.4 Å². The summed E-state index contributed by atoms with van der Waals surface area (Å²) >= 11 is 0. The van der Waals surface area contributed by atoms with Gasteiger partial charge in [-0.15, -0.1) is 0 Å². The van der Waals surface area contributed by atoms with Crippen molar-refractivity contribution in [2.75, 3.05) is 19.8 Å². The molecule has 0 aromatic heterocycles. The highest BCUT2D eigenvalue weighted by molar-refractivity contribution is 5.32. The van der Waals surface area contributed by atoms with E-state index in [1.54, 1.807) is 0 Å². The minimum absolute atomic E-state index is 0.0999. The Bertz CT molecular complexity index is 305. The van der Waals surface area contributed by atoms with Gasteiger partial charge in [-0.25, -0.2) is 0 Å². The topological polar surface area (TPSA) is 44.5 Å². The normalized spacial score (nSPS) is 12.5. The number of benzene rings is 1. The summed E-state index contributed by atoms with van der Waals surface area (Å²) in [5, 5.41) is 0. The molecule has 0 saturated carbocycles. The van der Waals surface area contributed by atoms with E-state index < -0.39 is 0 Å². The summed E-state index contributed by atoms with van der Waals surface area (Å²) in [6.07, 6.45) is 0.0999. The fourth-order valence-electron chi connectivity index (χ4n) is 1.49. The van der Waals surface area contributed by atoms with Crippen LogP contribution >= 0.6 is 0 Å². The molecule has 3 nitrogen and oxygen atoms in total. The molecule has 0 radical (unpaired) electrons. The van der Waals surface area contributed by atoms with Crippen LogP contribution in [-0.2, 0) is 4.74 Å². The van der Waals surface area contributed by atoms with Crippen molar-refractivity contribution in [3.8, 4) is 5.75 Å². The van der Waals surface area contributed by atoms with Crippen LogP contribution in [-0.4, -0.2) is 25.9 Å². The van der Waals surface area contributed by atoms with Gasteiger partial charge in [0.25, 0.3) is 0 Å². The molecule has 0 aliphatic rings. The van der Waals surface area contributed by atoms with Crippen LogP contribution in [0.2, 0.25) is 0 Å². The van der Waals surface area contributed by atoms with Crippen molar-refractivity contribution in [1.29, 1.82) is 0 Å². The highest BCUT2D eigenvalue weighted by Gasteiger charge is 1.99. The van der Waals surface area contributed by atoms with Gasteiger partial charge in [0.15, 0.2) is 0 Å². The molecule has 16 heavy (non-hydrogen) atoms. The van der Waals surface area contributed by atoms with Crippen molar-refractivity contribution in [3.63, 3.8) is 0 Å². The molecule has 0 fully saturated rings. The quantitative estimate of drug-likeness (QED) is 0.751. The SMILES string of the molecule is Cc1cc(C)cc(OCCOC(C)CN)c1. The largest absolute Gasteiger partial charge is 0.491 e. The first-order chi connectivity index (χ1) is 7.61. The Morgan fingerprint density at radius 3 is 2.31 bits per heavy atom. The van der Waals surface area contributed by atoms with E-state index in [0.29, 0.717) is 19.8 Å². The van der Waals surface area contributed by atoms with Crippen LogP contribution in [0.1, 0.15) is 18.1 Å². The second-order valence-corrected chi connectivity index (χ2v) is 4.09. The van der Waals surface area contributed by atoms with Gasteiger partial charge in [-0.3, -0.25) is 0 Å². The predicted octanol–water partition coefficient (Wildman–Crippen LogP) is 2.05. The maximum absolute atomic E-state index is 5.60. The zero-order valence-electron chi connectivity index (χ0n) is 10.3. The number of aryl methyl sites for hydroxylation is 2. The van der Waals surface area contributed by atoms with Crippen molar-refractivity contribution in [2.45, 2.75) is 26.9 Å². The summed E-state index contributed by atoms with van der Waals surface area (Å²) in [5.41, 5.74) is 7.87. The lowest BCUT2D eigenvalue weighted by Gasteiger charge is -2.12. The highest BCUT2D eigenvalue weighted by Crippen LogP contribution is 2.15. The molecule has 1 atom stereocenters. The smallest absolute Gasteiger partial charge is 0.119 e. The van der Waals surface area contributed by atoms with E-state index in [-0.39, 0.29) is 6.10 Å². The first-order valence-corrected chi connectivity index (χ1v) is 5.64. The summed E-state index contributed by atoms with van der Waals surface area (Å²) in [7, 11) is 0. The number of rotatable bonds is 6.